The maximum atomic E-state index is 11.3. The van der Waals surface area contributed by atoms with Crippen LogP contribution in [0.4, 0.5) is 0 Å². The van der Waals surface area contributed by atoms with Gasteiger partial charge >= 0.3 is 0 Å². The number of nitrogens with one attached hydrogen (secondary N) is 2. The minimum atomic E-state index is -2.91. The van der Waals surface area contributed by atoms with Crippen LogP contribution in [0.15, 0.2) is 4.99 Å². The molecule has 8 heteroatoms. The first-order valence-corrected chi connectivity index (χ1v) is 11.1. The quantitative estimate of drug-likeness (QED) is 0.311. The molecule has 1 heterocycles. The van der Waals surface area contributed by atoms with E-state index in [-0.39, 0.29) is 35.8 Å². The molecule has 2 atom stereocenters. The van der Waals surface area contributed by atoms with Gasteiger partial charge in [0.2, 0.25) is 0 Å². The Morgan fingerprint density at radius 2 is 2.00 bits per heavy atom. The van der Waals surface area contributed by atoms with Crippen molar-refractivity contribution in [1.82, 2.24) is 15.5 Å². The molecule has 0 aromatic rings. The van der Waals surface area contributed by atoms with Crippen LogP contribution in [0, 0.1) is 11.8 Å². The zero-order valence-electron chi connectivity index (χ0n) is 16.4. The van der Waals surface area contributed by atoms with Crippen LogP contribution in [0.25, 0.3) is 0 Å². The normalized spacial score (nSPS) is 20.9. The van der Waals surface area contributed by atoms with Crippen LogP contribution in [-0.4, -0.2) is 70.6 Å². The number of rotatable bonds is 8. The molecule has 25 heavy (non-hydrogen) atoms. The van der Waals surface area contributed by atoms with Crippen LogP contribution < -0.4 is 10.6 Å². The van der Waals surface area contributed by atoms with Crippen molar-refractivity contribution >= 4 is 39.8 Å². The molecule has 1 aliphatic heterocycles. The number of guanidine groups is 1. The van der Waals surface area contributed by atoms with Crippen LogP contribution in [-0.2, 0) is 9.84 Å². The number of hydrogen-bond donors (Lipinski definition) is 2. The van der Waals surface area contributed by atoms with Gasteiger partial charge in [0.05, 0.1) is 5.75 Å². The fourth-order valence-corrected chi connectivity index (χ4v) is 3.91. The molecule has 0 radical (unpaired) electrons. The fourth-order valence-electron chi connectivity index (χ4n) is 3.13. The van der Waals surface area contributed by atoms with Crippen LogP contribution in [0.1, 0.15) is 40.0 Å². The Bertz CT molecular complexity index is 497. The van der Waals surface area contributed by atoms with Crippen molar-refractivity contribution in [3.8, 4) is 0 Å². The van der Waals surface area contributed by atoms with Crippen LogP contribution in [0.3, 0.4) is 0 Å². The Morgan fingerprint density at radius 1 is 1.32 bits per heavy atom. The van der Waals surface area contributed by atoms with Crippen molar-refractivity contribution in [2.75, 3.05) is 45.2 Å². The first kappa shape index (κ1) is 24.9. The number of aliphatic imine (C=N–C) groups is 1. The lowest BCUT2D eigenvalue weighted by Gasteiger charge is -2.34. The molecule has 1 saturated heterocycles. The molecule has 0 saturated carbocycles. The summed E-state index contributed by atoms with van der Waals surface area (Å²) in [7, 11) is -1.16. The van der Waals surface area contributed by atoms with E-state index in [0.29, 0.717) is 18.3 Å². The first-order chi connectivity index (χ1) is 11.2. The summed E-state index contributed by atoms with van der Waals surface area (Å²) in [5.41, 5.74) is 0. The summed E-state index contributed by atoms with van der Waals surface area (Å²) in [4.78, 5) is 6.82. The smallest absolute Gasteiger partial charge is 0.191 e. The highest BCUT2D eigenvalue weighted by atomic mass is 127. The maximum absolute atomic E-state index is 11.3. The SMILES string of the molecule is CN=C(NCC1CCCN(CC(C)C)C1)NC(C)CCS(C)(=O)=O.I. The Morgan fingerprint density at radius 3 is 2.56 bits per heavy atom. The zero-order chi connectivity index (χ0) is 18.2. The average molecular weight is 488 g/mol. The molecular formula is C17H37IN4O2S. The average Bonchev–Trinajstić information content (AvgIpc) is 2.48. The van der Waals surface area contributed by atoms with Crippen molar-refractivity contribution in [2.45, 2.75) is 46.1 Å². The molecule has 0 bridgehead atoms. The molecule has 0 amide bonds. The van der Waals surface area contributed by atoms with Gasteiger partial charge in [0.25, 0.3) is 0 Å². The van der Waals surface area contributed by atoms with E-state index in [1.165, 1.54) is 32.2 Å². The van der Waals surface area contributed by atoms with E-state index in [2.05, 4.69) is 34.4 Å². The number of nitrogens with zero attached hydrogens (tertiary/aromatic N) is 2. The molecule has 2 N–H and O–H groups in total. The van der Waals surface area contributed by atoms with Crippen molar-refractivity contribution in [3.63, 3.8) is 0 Å². The van der Waals surface area contributed by atoms with Gasteiger partial charge in [-0.25, -0.2) is 8.42 Å². The van der Waals surface area contributed by atoms with Crippen molar-refractivity contribution in [1.29, 1.82) is 0 Å². The summed E-state index contributed by atoms with van der Waals surface area (Å²) >= 11 is 0. The maximum Gasteiger partial charge on any atom is 0.191 e. The van der Waals surface area contributed by atoms with Crippen molar-refractivity contribution in [2.24, 2.45) is 16.8 Å². The largest absolute Gasteiger partial charge is 0.356 e. The van der Waals surface area contributed by atoms with Crippen molar-refractivity contribution in [3.05, 3.63) is 0 Å². The summed E-state index contributed by atoms with van der Waals surface area (Å²) < 4.78 is 22.5. The van der Waals surface area contributed by atoms with Gasteiger partial charge in [-0.2, -0.15) is 0 Å². The second-order valence-corrected chi connectivity index (χ2v) is 9.84. The van der Waals surface area contributed by atoms with Gasteiger partial charge in [0.15, 0.2) is 5.96 Å². The summed E-state index contributed by atoms with van der Waals surface area (Å²) in [5.74, 6) is 2.31. The van der Waals surface area contributed by atoms with E-state index >= 15 is 0 Å². The third kappa shape index (κ3) is 12.0. The standard InChI is InChI=1S/C17H36N4O2S.HI/c1-14(2)12-21-9-6-7-16(13-21)11-19-17(18-4)20-15(3)8-10-24(5,22)23;/h14-16H,6-13H2,1-5H3,(H2,18,19,20);1H. The zero-order valence-corrected chi connectivity index (χ0v) is 19.6. The lowest BCUT2D eigenvalue weighted by molar-refractivity contribution is 0.159. The lowest BCUT2D eigenvalue weighted by Crippen LogP contribution is -2.47. The second kappa shape index (κ2) is 12.3. The highest BCUT2D eigenvalue weighted by molar-refractivity contribution is 14.0. The van der Waals surface area contributed by atoms with Gasteiger partial charge in [-0.1, -0.05) is 13.8 Å². The van der Waals surface area contributed by atoms with Crippen molar-refractivity contribution < 1.29 is 8.42 Å². The van der Waals surface area contributed by atoms with E-state index in [1.807, 2.05) is 6.92 Å². The Hall–Kier alpha value is -0.0900. The Labute approximate surface area is 171 Å². The minimum Gasteiger partial charge on any atom is -0.356 e. The van der Waals surface area contributed by atoms with Crippen LogP contribution in [0.2, 0.25) is 0 Å². The minimum absolute atomic E-state index is 0. The summed E-state index contributed by atoms with van der Waals surface area (Å²) in [6, 6.07) is 0.0784. The molecule has 6 nitrogen and oxygen atoms in total. The highest BCUT2D eigenvalue weighted by Crippen LogP contribution is 2.16. The van der Waals surface area contributed by atoms with E-state index in [4.69, 9.17) is 0 Å². The second-order valence-electron chi connectivity index (χ2n) is 7.58. The molecule has 1 fully saturated rings. The molecule has 0 aromatic carbocycles. The summed E-state index contributed by atoms with van der Waals surface area (Å²) in [6.45, 7) is 11.0. The number of likely N-dealkylation sites (tertiary alicyclic amines) is 1. The number of halogens is 1. The van der Waals surface area contributed by atoms with Gasteiger partial charge in [-0.05, 0) is 44.6 Å². The monoisotopic (exact) mass is 488 g/mol. The van der Waals surface area contributed by atoms with Gasteiger partial charge < -0.3 is 15.5 Å². The molecule has 150 valence electrons. The Balaban J connectivity index is 0.00000576. The summed E-state index contributed by atoms with van der Waals surface area (Å²) in [6.07, 6.45) is 4.38. The van der Waals surface area contributed by atoms with Crippen LogP contribution >= 0.6 is 24.0 Å². The predicted octanol–water partition coefficient (Wildman–Crippen LogP) is 1.96. The molecule has 0 spiro atoms. The third-order valence-electron chi connectivity index (χ3n) is 4.31. The molecule has 0 aromatic heterocycles. The van der Waals surface area contributed by atoms with E-state index in [9.17, 15) is 8.42 Å². The molecule has 1 rings (SSSR count). The van der Waals surface area contributed by atoms with Gasteiger partial charge in [0.1, 0.15) is 9.84 Å². The Kier molecular flexibility index (Phi) is 12.3. The molecule has 1 aliphatic rings. The van der Waals surface area contributed by atoms with Crippen LogP contribution in [0.5, 0.6) is 0 Å². The molecule has 0 aliphatic carbocycles. The van der Waals surface area contributed by atoms with E-state index in [0.717, 1.165) is 19.0 Å². The van der Waals surface area contributed by atoms with E-state index in [1.54, 1.807) is 7.05 Å². The number of sulfone groups is 1. The van der Waals surface area contributed by atoms with Gasteiger partial charge in [-0.3, -0.25) is 4.99 Å². The highest BCUT2D eigenvalue weighted by Gasteiger charge is 2.20. The predicted molar refractivity (Wildman–Crippen MR) is 118 cm³/mol. The third-order valence-corrected chi connectivity index (χ3v) is 5.29. The topological polar surface area (TPSA) is 73.8 Å². The molecule has 2 unspecified atom stereocenters. The van der Waals surface area contributed by atoms with Gasteiger partial charge in [0, 0.05) is 39.0 Å². The molecular weight excluding hydrogens is 451 g/mol. The summed E-state index contributed by atoms with van der Waals surface area (Å²) in [5, 5.41) is 6.69. The lowest BCUT2D eigenvalue weighted by atomic mass is 9.97. The van der Waals surface area contributed by atoms with Gasteiger partial charge in [-0.15, -0.1) is 24.0 Å². The van der Waals surface area contributed by atoms with E-state index < -0.39 is 9.84 Å². The fraction of sp³-hybridized carbons (Fsp3) is 0.941. The first-order valence-electron chi connectivity index (χ1n) is 9.07. The number of piperidine rings is 1. The number of hydrogen-bond acceptors (Lipinski definition) is 4.